The van der Waals surface area contributed by atoms with E-state index in [4.69, 9.17) is 0 Å². The Morgan fingerprint density at radius 3 is 2.62 bits per heavy atom. The third-order valence-corrected chi connectivity index (χ3v) is 5.87. The molecule has 0 radical (unpaired) electrons. The molecule has 0 unspecified atom stereocenters. The molecule has 2 aromatic carbocycles. The van der Waals surface area contributed by atoms with E-state index >= 15 is 0 Å². The first-order valence-corrected chi connectivity index (χ1v) is 11.2. The van der Waals surface area contributed by atoms with Crippen molar-refractivity contribution in [3.63, 3.8) is 0 Å². The topological polar surface area (TPSA) is 71.3 Å². The Morgan fingerprint density at radius 2 is 1.88 bits per heavy atom. The van der Waals surface area contributed by atoms with Crippen LogP contribution in [0.3, 0.4) is 0 Å². The van der Waals surface area contributed by atoms with Crippen LogP contribution in [0, 0.1) is 5.92 Å². The summed E-state index contributed by atoms with van der Waals surface area (Å²) in [5.41, 5.74) is 3.39. The highest BCUT2D eigenvalue weighted by molar-refractivity contribution is 5.82. The van der Waals surface area contributed by atoms with Crippen molar-refractivity contribution in [2.75, 3.05) is 26.2 Å². The number of amides is 2. The summed E-state index contributed by atoms with van der Waals surface area (Å²) in [6.45, 7) is 4.45. The molecule has 0 spiro atoms. The molecule has 1 saturated heterocycles. The first kappa shape index (κ1) is 21.7. The average Bonchev–Trinajstić information content (AvgIpc) is 3.28. The molecule has 1 aromatic heterocycles. The molecule has 0 N–H and O–H groups in total. The predicted octanol–water partition coefficient (Wildman–Crippen LogP) is 2.88. The Kier molecular flexibility index (Phi) is 6.94. The van der Waals surface area contributed by atoms with Gasteiger partial charge in [0.1, 0.15) is 19.2 Å². The Labute approximate surface area is 188 Å². The Bertz CT molecular complexity index is 1040. The number of carbonyl (C=O) groups is 2. The van der Waals surface area contributed by atoms with Gasteiger partial charge in [-0.15, -0.1) is 0 Å². The van der Waals surface area contributed by atoms with Crippen LogP contribution in [0.1, 0.15) is 18.9 Å². The van der Waals surface area contributed by atoms with Crippen LogP contribution in [-0.4, -0.2) is 62.6 Å². The maximum atomic E-state index is 13.3. The van der Waals surface area contributed by atoms with E-state index in [2.05, 4.69) is 47.3 Å². The zero-order chi connectivity index (χ0) is 22.3. The molecule has 1 aliphatic heterocycles. The number of hydrogen-bond acceptors (Lipinski definition) is 4. The summed E-state index contributed by atoms with van der Waals surface area (Å²) in [6, 6.07) is 18.6. The Morgan fingerprint density at radius 1 is 1.06 bits per heavy atom. The zero-order valence-corrected chi connectivity index (χ0v) is 18.4. The van der Waals surface area contributed by atoms with Crippen molar-refractivity contribution in [2.45, 2.75) is 26.3 Å². The van der Waals surface area contributed by atoms with Crippen molar-refractivity contribution in [1.29, 1.82) is 0 Å². The summed E-state index contributed by atoms with van der Waals surface area (Å²) in [5.74, 6) is -0.174. The lowest BCUT2D eigenvalue weighted by Crippen LogP contribution is -2.39. The van der Waals surface area contributed by atoms with Crippen LogP contribution in [0.25, 0.3) is 11.1 Å². The zero-order valence-electron chi connectivity index (χ0n) is 18.4. The number of rotatable bonds is 7. The molecule has 166 valence electrons. The van der Waals surface area contributed by atoms with Gasteiger partial charge in [-0.1, -0.05) is 61.5 Å². The molecule has 0 aliphatic carbocycles. The van der Waals surface area contributed by atoms with Crippen molar-refractivity contribution in [3.8, 4) is 11.1 Å². The van der Waals surface area contributed by atoms with Gasteiger partial charge in [-0.25, -0.2) is 9.67 Å². The van der Waals surface area contributed by atoms with Crippen molar-refractivity contribution < 1.29 is 9.59 Å². The van der Waals surface area contributed by atoms with Crippen LogP contribution >= 0.6 is 0 Å². The van der Waals surface area contributed by atoms with Gasteiger partial charge >= 0.3 is 0 Å². The molecule has 1 fully saturated rings. The fourth-order valence-electron chi connectivity index (χ4n) is 4.26. The van der Waals surface area contributed by atoms with Crippen LogP contribution in [0.15, 0.2) is 67.3 Å². The maximum Gasteiger partial charge on any atom is 0.244 e. The Hall–Kier alpha value is -3.48. The van der Waals surface area contributed by atoms with Crippen LogP contribution in [0.4, 0.5) is 0 Å². The van der Waals surface area contributed by atoms with Gasteiger partial charge in [0.2, 0.25) is 11.8 Å². The van der Waals surface area contributed by atoms with Gasteiger partial charge in [-0.05, 0) is 29.5 Å². The third-order valence-electron chi connectivity index (χ3n) is 5.87. The van der Waals surface area contributed by atoms with E-state index in [1.165, 1.54) is 17.3 Å². The molecule has 32 heavy (non-hydrogen) atoms. The van der Waals surface area contributed by atoms with Crippen molar-refractivity contribution in [2.24, 2.45) is 5.92 Å². The number of aromatic nitrogens is 3. The van der Waals surface area contributed by atoms with Crippen LogP contribution in [0.2, 0.25) is 0 Å². The van der Waals surface area contributed by atoms with E-state index in [9.17, 15) is 9.59 Å². The third kappa shape index (κ3) is 5.22. The summed E-state index contributed by atoms with van der Waals surface area (Å²) >= 11 is 0. The monoisotopic (exact) mass is 431 g/mol. The lowest BCUT2D eigenvalue weighted by Gasteiger charge is -2.24. The average molecular weight is 432 g/mol. The molecular formula is C25H29N5O2. The van der Waals surface area contributed by atoms with Gasteiger partial charge < -0.3 is 9.80 Å². The van der Waals surface area contributed by atoms with Gasteiger partial charge in [-0.3, -0.25) is 9.59 Å². The molecule has 2 amide bonds. The lowest BCUT2D eigenvalue weighted by molar-refractivity contribution is -0.135. The van der Waals surface area contributed by atoms with E-state index in [1.54, 1.807) is 4.90 Å². The second-order valence-corrected chi connectivity index (χ2v) is 8.23. The second kappa shape index (κ2) is 10.2. The molecular weight excluding hydrogens is 402 g/mol. The normalized spacial score (nSPS) is 16.8. The van der Waals surface area contributed by atoms with E-state index in [1.807, 2.05) is 29.2 Å². The molecule has 3 aromatic rings. The summed E-state index contributed by atoms with van der Waals surface area (Å²) in [6.07, 6.45) is 4.46. The lowest BCUT2D eigenvalue weighted by atomic mass is 9.94. The van der Waals surface area contributed by atoms with E-state index < -0.39 is 0 Å². The van der Waals surface area contributed by atoms with E-state index in [0.29, 0.717) is 32.6 Å². The maximum absolute atomic E-state index is 13.3. The smallest absolute Gasteiger partial charge is 0.244 e. The van der Waals surface area contributed by atoms with Crippen molar-refractivity contribution in [3.05, 3.63) is 72.8 Å². The largest absolute Gasteiger partial charge is 0.341 e. The van der Waals surface area contributed by atoms with Crippen molar-refractivity contribution >= 4 is 11.8 Å². The second-order valence-electron chi connectivity index (χ2n) is 8.23. The van der Waals surface area contributed by atoms with Gasteiger partial charge in [-0.2, -0.15) is 5.10 Å². The highest BCUT2D eigenvalue weighted by Gasteiger charge is 2.32. The summed E-state index contributed by atoms with van der Waals surface area (Å²) in [7, 11) is 0. The standard InChI is InChI=1S/C25H29N5O2/c1-2-11-28-12-13-29(24(31)17-30-19-26-18-27-30)16-23(25(28)32)15-20-7-6-10-22(14-20)21-8-4-3-5-9-21/h3-10,14,18-19,23H,2,11-13,15-17H2,1H3/t23-/m1/s1. The summed E-state index contributed by atoms with van der Waals surface area (Å²) in [5, 5.41) is 4.04. The molecule has 7 heteroatoms. The van der Waals surface area contributed by atoms with Crippen molar-refractivity contribution in [1.82, 2.24) is 24.6 Å². The molecule has 0 saturated carbocycles. The summed E-state index contributed by atoms with van der Waals surface area (Å²) in [4.78, 5) is 33.9. The predicted molar refractivity (Wildman–Crippen MR) is 123 cm³/mol. The highest BCUT2D eigenvalue weighted by Crippen LogP contribution is 2.23. The van der Waals surface area contributed by atoms with Crippen LogP contribution < -0.4 is 0 Å². The molecule has 1 atom stereocenters. The summed E-state index contributed by atoms with van der Waals surface area (Å²) < 4.78 is 1.52. The quantitative estimate of drug-likeness (QED) is 0.577. The fourth-order valence-corrected chi connectivity index (χ4v) is 4.26. The number of carbonyl (C=O) groups excluding carboxylic acids is 2. The Balaban J connectivity index is 1.54. The molecule has 1 aliphatic rings. The van der Waals surface area contributed by atoms with E-state index in [0.717, 1.165) is 23.1 Å². The molecule has 0 bridgehead atoms. The van der Waals surface area contributed by atoms with Gasteiger partial charge in [0.05, 0.1) is 5.92 Å². The minimum atomic E-state index is -0.269. The SMILES string of the molecule is CCCN1CCN(C(=O)Cn2cncn2)C[C@@H](Cc2cccc(-c3ccccc3)c2)C1=O. The molecule has 2 heterocycles. The van der Waals surface area contributed by atoms with Crippen LogP contribution in [0.5, 0.6) is 0 Å². The number of benzene rings is 2. The van der Waals surface area contributed by atoms with Gasteiger partial charge in [0.25, 0.3) is 0 Å². The first-order valence-electron chi connectivity index (χ1n) is 11.2. The van der Waals surface area contributed by atoms with Gasteiger partial charge in [0, 0.05) is 26.2 Å². The minimum absolute atomic E-state index is 0.0373. The minimum Gasteiger partial charge on any atom is -0.341 e. The first-order chi connectivity index (χ1) is 15.6. The highest BCUT2D eigenvalue weighted by atomic mass is 16.2. The molecule has 4 rings (SSSR count). The van der Waals surface area contributed by atoms with Gasteiger partial charge in [0.15, 0.2) is 0 Å². The van der Waals surface area contributed by atoms with Crippen LogP contribution in [-0.2, 0) is 22.6 Å². The fraction of sp³-hybridized carbons (Fsp3) is 0.360. The molecule has 7 nitrogen and oxygen atoms in total. The number of hydrogen-bond donors (Lipinski definition) is 0. The van der Waals surface area contributed by atoms with E-state index in [-0.39, 0.29) is 24.3 Å². The number of nitrogens with zero attached hydrogens (tertiary/aromatic N) is 5.